The van der Waals surface area contributed by atoms with Crippen molar-refractivity contribution in [3.63, 3.8) is 0 Å². The first-order valence-corrected chi connectivity index (χ1v) is 14.8. The quantitative estimate of drug-likeness (QED) is 0.109. The number of aromatic hydroxyl groups is 5. The molecule has 3 aromatic heterocycles. The minimum atomic E-state index is -0.149. The van der Waals surface area contributed by atoms with Crippen molar-refractivity contribution in [1.29, 1.82) is 0 Å². The van der Waals surface area contributed by atoms with Crippen LogP contribution in [0.5, 0.6) is 28.7 Å². The number of hydrogen-bond donors (Lipinski definition) is 5. The number of rotatable bonds is 4. The minimum absolute atomic E-state index is 0.0963. The van der Waals surface area contributed by atoms with Crippen LogP contribution in [0.1, 0.15) is 46.7 Å². The summed E-state index contributed by atoms with van der Waals surface area (Å²) < 4.78 is 5.01. The molecule has 0 unspecified atom stereocenters. The maximum absolute atomic E-state index is 9.80. The molecule has 3 aromatic carbocycles. The van der Waals surface area contributed by atoms with Gasteiger partial charge >= 0.3 is 0 Å². The molecule has 0 aliphatic carbocycles. The summed E-state index contributed by atoms with van der Waals surface area (Å²) in [6.45, 7) is 13.7. The van der Waals surface area contributed by atoms with E-state index in [0.29, 0.717) is 11.4 Å². The fourth-order valence-corrected chi connectivity index (χ4v) is 5.18. The summed E-state index contributed by atoms with van der Waals surface area (Å²) >= 11 is 0. The second kappa shape index (κ2) is 13.9. The van der Waals surface area contributed by atoms with Gasteiger partial charge in [-0.05, 0) is 102 Å². The lowest BCUT2D eigenvalue weighted by Gasteiger charge is -2.07. The molecule has 0 aliphatic heterocycles. The highest BCUT2D eigenvalue weighted by molar-refractivity contribution is 5.54. The zero-order chi connectivity index (χ0) is 33.7. The second-order valence-corrected chi connectivity index (χ2v) is 10.9. The van der Waals surface area contributed by atoms with Crippen molar-refractivity contribution in [2.45, 2.75) is 54.9 Å². The first-order chi connectivity index (χ1) is 21.8. The first kappa shape index (κ1) is 33.2. The molecule has 6 rings (SSSR count). The van der Waals surface area contributed by atoms with Crippen molar-refractivity contribution in [3.05, 3.63) is 113 Å². The van der Waals surface area contributed by atoms with Crippen LogP contribution in [0.4, 0.5) is 0 Å². The Morgan fingerprint density at radius 1 is 0.543 bits per heavy atom. The van der Waals surface area contributed by atoms with E-state index in [1.165, 1.54) is 29.8 Å². The van der Waals surface area contributed by atoms with Crippen LogP contribution < -0.4 is 0 Å². The maximum Gasteiger partial charge on any atom is 0.183 e. The minimum Gasteiger partial charge on any atom is -0.508 e. The number of phenols is 5. The number of aromatic nitrogens is 6. The van der Waals surface area contributed by atoms with E-state index in [4.69, 9.17) is 0 Å². The summed E-state index contributed by atoms with van der Waals surface area (Å²) in [4.78, 5) is 0. The monoisotopic (exact) mass is 624 g/mol. The fourth-order valence-electron chi connectivity index (χ4n) is 5.18. The van der Waals surface area contributed by atoms with Gasteiger partial charge in [-0.2, -0.15) is 15.3 Å². The molecule has 0 amide bonds. The second-order valence-electron chi connectivity index (χ2n) is 10.9. The molecule has 3 heterocycles. The molecule has 0 bridgehead atoms. The van der Waals surface area contributed by atoms with Crippen molar-refractivity contribution >= 4 is 0 Å². The summed E-state index contributed by atoms with van der Waals surface area (Å²) in [6, 6.07) is 20.2. The Hall–Kier alpha value is -5.71. The standard InChI is InChI=1S/C13H16N2O.2C11H12N2O2/c1-4-11-9(2)14-15(10(11)3)12-7-5-6-8-13(12)16;1-7-5-8(2)13(12-7)10-6-9(14)3-4-11(10)15;1-7-6-8(2)13(12-7)9-4-3-5-10(14)11(9)15/h5-8,16H,4H2,1-3H3;2*3-6,14-15H,1-2H3. The number of hydrogen-bond acceptors (Lipinski definition) is 8. The lowest BCUT2D eigenvalue weighted by Crippen LogP contribution is -1.99. The predicted octanol–water partition coefficient (Wildman–Crippen LogP) is 6.56. The van der Waals surface area contributed by atoms with Crippen LogP contribution in [0.15, 0.2) is 72.8 Å². The van der Waals surface area contributed by atoms with Crippen LogP contribution in [0, 0.1) is 41.5 Å². The lowest BCUT2D eigenvalue weighted by molar-refractivity contribution is 0.401. The smallest absolute Gasteiger partial charge is 0.183 e. The van der Waals surface area contributed by atoms with Gasteiger partial charge in [0, 0.05) is 23.1 Å². The van der Waals surface area contributed by atoms with Crippen molar-refractivity contribution in [3.8, 4) is 45.8 Å². The molecule has 11 heteroatoms. The average Bonchev–Trinajstić information content (AvgIpc) is 3.63. The number of phenolic OH excluding ortho intramolecular Hbond substituents is 5. The maximum atomic E-state index is 9.80. The van der Waals surface area contributed by atoms with Gasteiger partial charge in [-0.1, -0.05) is 25.1 Å². The molecular weight excluding hydrogens is 584 g/mol. The molecule has 6 aromatic rings. The SMILES string of the molecule is CCc1c(C)nn(-c2ccccc2O)c1C.Cc1cc(C)n(-c2cc(O)ccc2O)n1.Cc1cc(C)n(-c2cccc(O)c2O)n1. The van der Waals surface area contributed by atoms with E-state index >= 15 is 0 Å². The van der Waals surface area contributed by atoms with Crippen molar-refractivity contribution in [2.75, 3.05) is 0 Å². The van der Waals surface area contributed by atoms with E-state index in [-0.39, 0.29) is 28.7 Å². The van der Waals surface area contributed by atoms with Gasteiger partial charge in [0.1, 0.15) is 34.3 Å². The third kappa shape index (κ3) is 7.15. The zero-order valence-corrected chi connectivity index (χ0v) is 27.1. The number of para-hydroxylation sites is 3. The van der Waals surface area contributed by atoms with Crippen LogP contribution in [0.3, 0.4) is 0 Å². The molecule has 0 radical (unpaired) electrons. The van der Waals surface area contributed by atoms with Gasteiger partial charge in [0.2, 0.25) is 0 Å². The number of aryl methyl sites for hydroxylation is 5. The molecule has 0 spiro atoms. The van der Waals surface area contributed by atoms with E-state index in [1.807, 2.05) is 76.6 Å². The number of nitrogens with zero attached hydrogens (tertiary/aromatic N) is 6. The van der Waals surface area contributed by atoms with Gasteiger partial charge in [0.05, 0.1) is 17.1 Å². The van der Waals surface area contributed by atoms with Gasteiger partial charge in [-0.25, -0.2) is 14.0 Å². The van der Waals surface area contributed by atoms with Crippen LogP contribution >= 0.6 is 0 Å². The van der Waals surface area contributed by atoms with Gasteiger partial charge in [-0.3, -0.25) is 0 Å². The Balaban J connectivity index is 0.000000157. The van der Waals surface area contributed by atoms with E-state index in [2.05, 4.69) is 22.2 Å². The van der Waals surface area contributed by atoms with Crippen molar-refractivity contribution < 1.29 is 25.5 Å². The molecule has 0 atom stereocenters. The molecule has 46 heavy (non-hydrogen) atoms. The van der Waals surface area contributed by atoms with Crippen LogP contribution in [-0.2, 0) is 6.42 Å². The summed E-state index contributed by atoms with van der Waals surface area (Å²) in [6.07, 6.45) is 0.964. The topological polar surface area (TPSA) is 155 Å². The Labute approximate surface area is 267 Å². The molecular formula is C35H40N6O5. The molecule has 0 saturated heterocycles. The lowest BCUT2D eigenvalue weighted by atomic mass is 10.1. The summed E-state index contributed by atoms with van der Waals surface area (Å²) in [5.41, 5.74) is 8.66. The Kier molecular flexibility index (Phi) is 10.1. The molecule has 0 aliphatic rings. The van der Waals surface area contributed by atoms with E-state index in [9.17, 15) is 25.5 Å². The van der Waals surface area contributed by atoms with Gasteiger partial charge in [-0.15, -0.1) is 0 Å². The number of benzene rings is 3. The summed E-state index contributed by atoms with van der Waals surface area (Å²) in [7, 11) is 0. The van der Waals surface area contributed by atoms with Crippen molar-refractivity contribution in [2.24, 2.45) is 0 Å². The highest BCUT2D eigenvalue weighted by Gasteiger charge is 2.13. The Morgan fingerprint density at radius 2 is 1.09 bits per heavy atom. The molecule has 240 valence electrons. The highest BCUT2D eigenvalue weighted by Crippen LogP contribution is 2.31. The molecule has 11 nitrogen and oxygen atoms in total. The zero-order valence-electron chi connectivity index (χ0n) is 27.1. The van der Waals surface area contributed by atoms with Crippen LogP contribution in [-0.4, -0.2) is 54.9 Å². The normalized spacial score (nSPS) is 10.6. The molecule has 0 saturated carbocycles. The largest absolute Gasteiger partial charge is 0.508 e. The summed E-state index contributed by atoms with van der Waals surface area (Å²) in [5, 5.41) is 60.8. The van der Waals surface area contributed by atoms with Crippen LogP contribution in [0.25, 0.3) is 17.1 Å². The van der Waals surface area contributed by atoms with Gasteiger partial charge in [0.15, 0.2) is 11.5 Å². The molecule has 5 N–H and O–H groups in total. The third-order valence-electron chi connectivity index (χ3n) is 7.33. The van der Waals surface area contributed by atoms with Gasteiger partial charge < -0.3 is 25.5 Å². The highest BCUT2D eigenvalue weighted by atomic mass is 16.3. The van der Waals surface area contributed by atoms with E-state index in [1.54, 1.807) is 27.6 Å². The Morgan fingerprint density at radius 3 is 1.63 bits per heavy atom. The first-order valence-electron chi connectivity index (χ1n) is 14.8. The van der Waals surface area contributed by atoms with Crippen molar-refractivity contribution in [1.82, 2.24) is 29.3 Å². The summed E-state index contributed by atoms with van der Waals surface area (Å²) in [5.74, 6) is 0.175. The fraction of sp³-hybridized carbons (Fsp3) is 0.229. The third-order valence-corrected chi connectivity index (χ3v) is 7.33. The van der Waals surface area contributed by atoms with Gasteiger partial charge in [0.25, 0.3) is 0 Å². The molecule has 0 fully saturated rings. The van der Waals surface area contributed by atoms with Crippen LogP contribution in [0.2, 0.25) is 0 Å². The van der Waals surface area contributed by atoms with E-state index < -0.39 is 0 Å². The Bertz CT molecular complexity index is 1930. The van der Waals surface area contributed by atoms with E-state index in [0.717, 1.165) is 46.3 Å². The average molecular weight is 625 g/mol. The predicted molar refractivity (Wildman–Crippen MR) is 177 cm³/mol.